The van der Waals surface area contributed by atoms with Gasteiger partial charge in [0.1, 0.15) is 6.54 Å². The maximum Gasteiger partial charge on any atom is 0.104 e. The Labute approximate surface area is 122 Å². The number of rotatable bonds is 6. The normalized spacial score (nSPS) is 11.3. The molecule has 0 unspecified atom stereocenters. The van der Waals surface area contributed by atoms with Gasteiger partial charge in [-0.3, -0.25) is 0 Å². The molecule has 0 radical (unpaired) electrons. The lowest BCUT2D eigenvalue weighted by Gasteiger charge is -2.30. The Kier molecular flexibility index (Phi) is 4.80. The minimum absolute atomic E-state index is 0.989. The number of nitrogens with zero attached hydrogens (tertiary/aromatic N) is 1. The molecule has 0 aliphatic rings. The summed E-state index contributed by atoms with van der Waals surface area (Å²) in [5.74, 6) is 0. The van der Waals surface area contributed by atoms with Gasteiger partial charge in [0, 0.05) is 11.3 Å². The van der Waals surface area contributed by atoms with E-state index in [-0.39, 0.29) is 0 Å². The van der Waals surface area contributed by atoms with E-state index in [9.17, 15) is 0 Å². The minimum atomic E-state index is 0.989. The lowest BCUT2D eigenvalue weighted by molar-refractivity contribution is -0.902. The van der Waals surface area contributed by atoms with Crippen molar-refractivity contribution in [1.29, 1.82) is 0 Å². The lowest BCUT2D eigenvalue weighted by Crippen LogP contribution is -2.42. The first kappa shape index (κ1) is 14.6. The molecule has 2 aromatic carbocycles. The third kappa shape index (κ3) is 4.71. The number of nitrogens with one attached hydrogen (secondary N) is 1. The van der Waals surface area contributed by atoms with E-state index in [0.717, 1.165) is 24.1 Å². The standard InChI is InChI=1S/C18H25N2/c1-16-8-7-11-18(14-16)19-12-13-20(2,3)15-17-9-5-4-6-10-17/h4-11,14,19H,12-13,15H2,1-3H3/q+1. The number of likely N-dealkylation sites (N-methyl/N-ethyl adjacent to an activating group) is 1. The molecule has 2 aromatic rings. The minimum Gasteiger partial charge on any atom is -0.379 e. The van der Waals surface area contributed by atoms with Crippen LogP contribution in [0.2, 0.25) is 0 Å². The molecule has 2 nitrogen and oxygen atoms in total. The molecule has 0 spiro atoms. The highest BCUT2D eigenvalue weighted by molar-refractivity contribution is 5.45. The topological polar surface area (TPSA) is 12.0 Å². The largest absolute Gasteiger partial charge is 0.379 e. The molecule has 0 saturated carbocycles. The Balaban J connectivity index is 1.83. The zero-order valence-electron chi connectivity index (χ0n) is 12.8. The van der Waals surface area contributed by atoms with Crippen LogP contribution in [0.3, 0.4) is 0 Å². The molecule has 2 heteroatoms. The van der Waals surface area contributed by atoms with Gasteiger partial charge >= 0.3 is 0 Å². The van der Waals surface area contributed by atoms with Gasteiger partial charge in [-0.1, -0.05) is 42.5 Å². The molecule has 106 valence electrons. The van der Waals surface area contributed by atoms with E-state index in [1.165, 1.54) is 16.8 Å². The van der Waals surface area contributed by atoms with Crippen LogP contribution in [0.25, 0.3) is 0 Å². The van der Waals surface area contributed by atoms with Crippen LogP contribution in [0, 0.1) is 6.92 Å². The van der Waals surface area contributed by atoms with Crippen molar-refractivity contribution in [2.24, 2.45) is 0 Å². The molecule has 20 heavy (non-hydrogen) atoms. The summed E-state index contributed by atoms with van der Waals surface area (Å²) in [4.78, 5) is 0. The molecule has 0 aromatic heterocycles. The summed E-state index contributed by atoms with van der Waals surface area (Å²) in [7, 11) is 4.57. The fourth-order valence-electron chi connectivity index (χ4n) is 2.41. The SMILES string of the molecule is Cc1cccc(NCC[N+](C)(C)Cc2ccccc2)c1. The van der Waals surface area contributed by atoms with Crippen LogP contribution in [0.4, 0.5) is 5.69 Å². The molecule has 0 amide bonds. The van der Waals surface area contributed by atoms with Crippen molar-refractivity contribution >= 4 is 5.69 Å². The van der Waals surface area contributed by atoms with Gasteiger partial charge in [-0.05, 0) is 24.6 Å². The average Bonchev–Trinajstić information content (AvgIpc) is 2.39. The molecule has 0 aliphatic heterocycles. The predicted octanol–water partition coefficient (Wildman–Crippen LogP) is 3.68. The van der Waals surface area contributed by atoms with E-state index >= 15 is 0 Å². The molecule has 0 aliphatic carbocycles. The van der Waals surface area contributed by atoms with Gasteiger partial charge in [-0.2, -0.15) is 0 Å². The first-order valence-corrected chi connectivity index (χ1v) is 7.22. The van der Waals surface area contributed by atoms with Crippen molar-refractivity contribution in [2.75, 3.05) is 32.5 Å². The summed E-state index contributed by atoms with van der Waals surface area (Å²) in [6.45, 7) is 5.28. The van der Waals surface area contributed by atoms with Crippen LogP contribution in [-0.4, -0.2) is 31.7 Å². The van der Waals surface area contributed by atoms with Gasteiger partial charge in [-0.25, -0.2) is 0 Å². The molecule has 0 fully saturated rings. The summed E-state index contributed by atoms with van der Waals surface area (Å²) >= 11 is 0. The third-order valence-electron chi connectivity index (χ3n) is 3.52. The molecule has 0 atom stereocenters. The van der Waals surface area contributed by atoms with Crippen molar-refractivity contribution in [1.82, 2.24) is 0 Å². The second-order valence-electron chi connectivity index (χ2n) is 6.10. The zero-order chi connectivity index (χ0) is 14.4. The van der Waals surface area contributed by atoms with Gasteiger partial charge in [0.15, 0.2) is 0 Å². The van der Waals surface area contributed by atoms with Gasteiger partial charge < -0.3 is 9.80 Å². The van der Waals surface area contributed by atoms with Crippen molar-refractivity contribution in [3.8, 4) is 0 Å². The first-order valence-electron chi connectivity index (χ1n) is 7.22. The van der Waals surface area contributed by atoms with Crippen LogP contribution < -0.4 is 5.32 Å². The van der Waals surface area contributed by atoms with Crippen molar-refractivity contribution in [3.05, 3.63) is 65.7 Å². The van der Waals surface area contributed by atoms with Crippen LogP contribution in [0.5, 0.6) is 0 Å². The Bertz CT molecular complexity index is 532. The van der Waals surface area contributed by atoms with Crippen LogP contribution in [0.1, 0.15) is 11.1 Å². The number of anilines is 1. The van der Waals surface area contributed by atoms with E-state index in [1.54, 1.807) is 0 Å². The molecule has 0 heterocycles. The van der Waals surface area contributed by atoms with Crippen molar-refractivity contribution in [2.45, 2.75) is 13.5 Å². The molecular formula is C18H25N2+. The number of aryl methyl sites for hydroxylation is 1. The third-order valence-corrected chi connectivity index (χ3v) is 3.52. The van der Waals surface area contributed by atoms with Gasteiger partial charge in [0.2, 0.25) is 0 Å². The monoisotopic (exact) mass is 269 g/mol. The van der Waals surface area contributed by atoms with E-state index in [2.05, 4.69) is 80.9 Å². The first-order chi connectivity index (χ1) is 9.55. The molecule has 0 saturated heterocycles. The highest BCUT2D eigenvalue weighted by Crippen LogP contribution is 2.11. The maximum absolute atomic E-state index is 3.51. The molecule has 0 bridgehead atoms. The second-order valence-corrected chi connectivity index (χ2v) is 6.10. The summed E-state index contributed by atoms with van der Waals surface area (Å²) < 4.78 is 0.989. The van der Waals surface area contributed by atoms with E-state index in [4.69, 9.17) is 0 Å². The number of benzene rings is 2. The summed E-state index contributed by atoms with van der Waals surface area (Å²) in [5, 5.41) is 3.51. The zero-order valence-corrected chi connectivity index (χ0v) is 12.8. The van der Waals surface area contributed by atoms with Crippen LogP contribution >= 0.6 is 0 Å². The Morgan fingerprint density at radius 1 is 0.950 bits per heavy atom. The number of hydrogen-bond donors (Lipinski definition) is 1. The fourth-order valence-corrected chi connectivity index (χ4v) is 2.41. The molecular weight excluding hydrogens is 244 g/mol. The van der Waals surface area contributed by atoms with E-state index in [1.807, 2.05) is 0 Å². The van der Waals surface area contributed by atoms with E-state index in [0.29, 0.717) is 0 Å². The second kappa shape index (κ2) is 6.58. The predicted molar refractivity (Wildman–Crippen MR) is 86.8 cm³/mol. The summed E-state index contributed by atoms with van der Waals surface area (Å²) in [5.41, 5.74) is 3.91. The van der Waals surface area contributed by atoms with Gasteiger partial charge in [0.05, 0.1) is 27.2 Å². The van der Waals surface area contributed by atoms with Gasteiger partial charge in [-0.15, -0.1) is 0 Å². The molecule has 2 rings (SSSR count). The smallest absolute Gasteiger partial charge is 0.104 e. The number of quaternary nitrogens is 1. The van der Waals surface area contributed by atoms with Gasteiger partial charge in [0.25, 0.3) is 0 Å². The van der Waals surface area contributed by atoms with E-state index < -0.39 is 0 Å². The Morgan fingerprint density at radius 3 is 2.40 bits per heavy atom. The number of hydrogen-bond acceptors (Lipinski definition) is 1. The Morgan fingerprint density at radius 2 is 1.70 bits per heavy atom. The highest BCUT2D eigenvalue weighted by atomic mass is 15.3. The summed E-state index contributed by atoms with van der Waals surface area (Å²) in [6.07, 6.45) is 0. The average molecular weight is 269 g/mol. The van der Waals surface area contributed by atoms with Crippen molar-refractivity contribution < 1.29 is 4.48 Å². The maximum atomic E-state index is 3.51. The highest BCUT2D eigenvalue weighted by Gasteiger charge is 2.14. The quantitative estimate of drug-likeness (QED) is 0.789. The summed E-state index contributed by atoms with van der Waals surface area (Å²) in [6, 6.07) is 19.2. The lowest BCUT2D eigenvalue weighted by atomic mass is 10.2. The Hall–Kier alpha value is -1.80. The van der Waals surface area contributed by atoms with Crippen molar-refractivity contribution in [3.63, 3.8) is 0 Å². The van der Waals surface area contributed by atoms with Crippen LogP contribution in [0.15, 0.2) is 54.6 Å². The van der Waals surface area contributed by atoms with Crippen LogP contribution in [-0.2, 0) is 6.54 Å². The fraction of sp³-hybridized carbons (Fsp3) is 0.333. The molecule has 1 N–H and O–H groups in total.